The average Bonchev–Trinajstić information content (AvgIpc) is 3.36. The first kappa shape index (κ1) is 27.1. The number of hydrogen-bond acceptors (Lipinski definition) is 6. The molecule has 1 amide bonds. The molecule has 2 aromatic carbocycles. The Morgan fingerprint density at radius 2 is 1.92 bits per heavy atom. The first-order valence-electron chi connectivity index (χ1n) is 12.7. The Hall–Kier alpha value is -2.94. The summed E-state index contributed by atoms with van der Waals surface area (Å²) in [7, 11) is 0. The van der Waals surface area contributed by atoms with Crippen molar-refractivity contribution in [1.29, 1.82) is 0 Å². The number of nitrogens with zero attached hydrogens (tertiary/aromatic N) is 2. The van der Waals surface area contributed by atoms with Gasteiger partial charge in [-0.2, -0.15) is 0 Å². The number of carbonyl (C=O) groups is 1. The van der Waals surface area contributed by atoms with Crippen LogP contribution < -0.4 is 9.47 Å². The highest BCUT2D eigenvalue weighted by atomic mass is 32.1. The van der Waals surface area contributed by atoms with Crippen LogP contribution in [-0.2, 0) is 11.2 Å². The van der Waals surface area contributed by atoms with Gasteiger partial charge in [-0.05, 0) is 80.1 Å². The van der Waals surface area contributed by atoms with Crippen molar-refractivity contribution in [1.82, 2.24) is 9.80 Å². The molecule has 3 aromatic rings. The number of hydrogen-bond donors (Lipinski definition) is 1. The number of aliphatic hydroxyl groups excluding tert-OH is 1. The number of halogens is 1. The quantitative estimate of drug-likeness (QED) is 0.387. The zero-order valence-corrected chi connectivity index (χ0v) is 22.4. The van der Waals surface area contributed by atoms with E-state index in [4.69, 9.17) is 9.47 Å². The molecule has 0 radical (unpaired) electrons. The number of carbonyl (C=O) groups excluding carboxylic acids is 1. The van der Waals surface area contributed by atoms with Crippen LogP contribution in [0.5, 0.6) is 11.5 Å². The van der Waals surface area contributed by atoms with E-state index in [0.717, 1.165) is 23.3 Å². The molecule has 0 unspecified atom stereocenters. The summed E-state index contributed by atoms with van der Waals surface area (Å²) in [6.07, 6.45) is 0.0672. The first-order chi connectivity index (χ1) is 17.8. The zero-order valence-electron chi connectivity index (χ0n) is 21.6. The predicted octanol–water partition coefficient (Wildman–Crippen LogP) is 4.85. The summed E-state index contributed by atoms with van der Waals surface area (Å²) in [5, 5.41) is 12.7. The van der Waals surface area contributed by atoms with Crippen molar-refractivity contribution in [3.63, 3.8) is 0 Å². The predicted molar refractivity (Wildman–Crippen MR) is 144 cm³/mol. The van der Waals surface area contributed by atoms with E-state index < -0.39 is 6.10 Å². The van der Waals surface area contributed by atoms with Crippen LogP contribution in [0.2, 0.25) is 0 Å². The Morgan fingerprint density at radius 3 is 2.65 bits per heavy atom. The number of thiophene rings is 1. The molecular formula is C29H35FN2O4S. The zero-order chi connectivity index (χ0) is 26.4. The lowest BCUT2D eigenvalue weighted by atomic mass is 10.00. The number of aryl methyl sites for hydroxylation is 1. The maximum atomic E-state index is 13.6. The fourth-order valence-corrected chi connectivity index (χ4v) is 5.46. The van der Waals surface area contributed by atoms with E-state index in [0.29, 0.717) is 18.8 Å². The molecule has 6 nitrogen and oxygen atoms in total. The number of para-hydroxylation sites is 1. The summed E-state index contributed by atoms with van der Waals surface area (Å²) in [4.78, 5) is 18.7. The lowest BCUT2D eigenvalue weighted by Crippen LogP contribution is -2.49. The van der Waals surface area contributed by atoms with E-state index in [2.05, 4.69) is 11.4 Å². The van der Waals surface area contributed by atoms with Crippen LogP contribution in [0.25, 0.3) is 0 Å². The molecular weight excluding hydrogens is 491 g/mol. The third kappa shape index (κ3) is 7.09. The van der Waals surface area contributed by atoms with Crippen molar-refractivity contribution < 1.29 is 23.8 Å². The lowest BCUT2D eigenvalue weighted by Gasteiger charge is -2.38. The summed E-state index contributed by atoms with van der Waals surface area (Å²) in [5.74, 6) is 0.988. The van der Waals surface area contributed by atoms with Crippen LogP contribution in [0.3, 0.4) is 0 Å². The van der Waals surface area contributed by atoms with Crippen molar-refractivity contribution in [3.8, 4) is 11.5 Å². The van der Waals surface area contributed by atoms with Crippen LogP contribution >= 0.6 is 11.3 Å². The third-order valence-corrected chi connectivity index (χ3v) is 7.67. The van der Waals surface area contributed by atoms with E-state index in [1.54, 1.807) is 23.5 Å². The second-order valence-corrected chi connectivity index (χ2v) is 10.7. The molecule has 8 heteroatoms. The van der Waals surface area contributed by atoms with Crippen molar-refractivity contribution in [2.75, 3.05) is 32.8 Å². The van der Waals surface area contributed by atoms with Gasteiger partial charge < -0.3 is 19.5 Å². The summed E-state index contributed by atoms with van der Waals surface area (Å²) < 4.78 is 25.1. The molecule has 1 aliphatic rings. The maximum Gasteiger partial charge on any atom is 0.237 e. The van der Waals surface area contributed by atoms with Gasteiger partial charge in [0.25, 0.3) is 0 Å². The Balaban J connectivity index is 1.40. The average molecular weight is 527 g/mol. The molecule has 1 N–H and O–H groups in total. The van der Waals surface area contributed by atoms with Crippen LogP contribution in [0.1, 0.15) is 35.9 Å². The summed E-state index contributed by atoms with van der Waals surface area (Å²) in [5.41, 5.74) is 2.12. The van der Waals surface area contributed by atoms with Gasteiger partial charge in [-0.25, -0.2) is 4.39 Å². The highest BCUT2D eigenvalue weighted by Crippen LogP contribution is 2.34. The van der Waals surface area contributed by atoms with Gasteiger partial charge in [-0.1, -0.05) is 18.2 Å². The van der Waals surface area contributed by atoms with Crippen LogP contribution in [0.4, 0.5) is 4.39 Å². The summed E-state index contributed by atoms with van der Waals surface area (Å²) in [6, 6.07) is 15.5. The van der Waals surface area contributed by atoms with Crippen molar-refractivity contribution in [2.45, 2.75) is 45.4 Å². The molecule has 2 heterocycles. The molecule has 2 atom stereocenters. The van der Waals surface area contributed by atoms with Gasteiger partial charge in [-0.3, -0.25) is 9.69 Å². The number of ether oxygens (including phenoxy) is 2. The first-order valence-corrected chi connectivity index (χ1v) is 13.5. The molecule has 1 aromatic heterocycles. The van der Waals surface area contributed by atoms with E-state index >= 15 is 0 Å². The molecule has 0 spiro atoms. The molecule has 0 saturated carbocycles. The van der Waals surface area contributed by atoms with Gasteiger partial charge in [0, 0.05) is 24.0 Å². The minimum absolute atomic E-state index is 0.00900. The van der Waals surface area contributed by atoms with Gasteiger partial charge in [0.05, 0.1) is 12.6 Å². The molecule has 198 valence electrons. The van der Waals surface area contributed by atoms with Gasteiger partial charge >= 0.3 is 0 Å². The van der Waals surface area contributed by atoms with E-state index in [9.17, 15) is 14.3 Å². The molecule has 0 saturated heterocycles. The standard InChI is InChI=1S/C29H35FN2O4S/c1-20(2)31(16-23(33)18-36-27-7-5-4-6-21(27)3)17-29(34)32-14-12-28-25(13-15-37-28)26(32)19-35-24-10-8-22(30)9-11-24/h4-11,13,15,20,23,26,33H,12,14,16-19H2,1-3H3/t23-,26-/m0/s1. The Morgan fingerprint density at radius 1 is 1.16 bits per heavy atom. The minimum atomic E-state index is -0.739. The number of rotatable bonds is 11. The van der Waals surface area contributed by atoms with Crippen LogP contribution in [0.15, 0.2) is 60.0 Å². The van der Waals surface area contributed by atoms with E-state index in [-0.39, 0.29) is 43.6 Å². The Kier molecular flexibility index (Phi) is 9.18. The van der Waals surface area contributed by atoms with Gasteiger partial charge in [0.2, 0.25) is 5.91 Å². The largest absolute Gasteiger partial charge is 0.491 e. The molecule has 37 heavy (non-hydrogen) atoms. The molecule has 1 aliphatic heterocycles. The second-order valence-electron chi connectivity index (χ2n) is 9.67. The number of amides is 1. The van der Waals surface area contributed by atoms with Gasteiger partial charge in [0.1, 0.15) is 36.6 Å². The van der Waals surface area contributed by atoms with Crippen molar-refractivity contribution in [2.24, 2.45) is 0 Å². The topological polar surface area (TPSA) is 62.2 Å². The Labute approximate surface area is 222 Å². The van der Waals surface area contributed by atoms with Crippen molar-refractivity contribution in [3.05, 3.63) is 81.8 Å². The molecule has 4 rings (SSSR count). The summed E-state index contributed by atoms with van der Waals surface area (Å²) in [6.45, 7) is 7.56. The Bertz CT molecular complexity index is 1170. The van der Waals surface area contributed by atoms with E-state index in [1.807, 2.05) is 54.8 Å². The second kappa shape index (κ2) is 12.5. The molecule has 0 bridgehead atoms. The van der Waals surface area contributed by atoms with Crippen LogP contribution in [-0.4, -0.2) is 65.8 Å². The third-order valence-electron chi connectivity index (χ3n) is 6.68. The normalized spacial score (nSPS) is 16.1. The van der Waals surface area contributed by atoms with Crippen molar-refractivity contribution >= 4 is 17.2 Å². The smallest absolute Gasteiger partial charge is 0.237 e. The lowest BCUT2D eigenvalue weighted by molar-refractivity contribution is -0.137. The van der Waals surface area contributed by atoms with Gasteiger partial charge in [-0.15, -0.1) is 11.3 Å². The van der Waals surface area contributed by atoms with Gasteiger partial charge in [0.15, 0.2) is 0 Å². The summed E-state index contributed by atoms with van der Waals surface area (Å²) >= 11 is 1.70. The highest BCUT2D eigenvalue weighted by molar-refractivity contribution is 7.10. The fourth-order valence-electron chi connectivity index (χ4n) is 4.53. The number of benzene rings is 2. The highest BCUT2D eigenvalue weighted by Gasteiger charge is 2.33. The maximum absolute atomic E-state index is 13.6. The number of aliphatic hydroxyl groups is 1. The minimum Gasteiger partial charge on any atom is -0.491 e. The fraction of sp³-hybridized carbons (Fsp3) is 0.414. The SMILES string of the molecule is Cc1ccccc1OC[C@@H](O)CN(CC(=O)N1CCc2sccc2[C@@H]1COc1ccc(F)cc1)C(C)C. The number of fused-ring (bicyclic) bond motifs is 1. The molecule has 0 fully saturated rings. The van der Waals surface area contributed by atoms with Crippen LogP contribution in [0, 0.1) is 12.7 Å². The molecule has 0 aliphatic carbocycles. The van der Waals surface area contributed by atoms with E-state index in [1.165, 1.54) is 17.0 Å². The monoisotopic (exact) mass is 526 g/mol.